The van der Waals surface area contributed by atoms with E-state index in [0.29, 0.717) is 6.42 Å². The van der Waals surface area contributed by atoms with Gasteiger partial charge in [0.05, 0.1) is 0 Å². The van der Waals surface area contributed by atoms with E-state index in [1.165, 1.54) is 102 Å². The Morgan fingerprint density at radius 1 is 0.628 bits per heavy atom. The summed E-state index contributed by atoms with van der Waals surface area (Å²) in [5, 5.41) is 0. The van der Waals surface area contributed by atoms with E-state index in [9.17, 15) is 15.4 Å². The second kappa shape index (κ2) is 23.9. The molecule has 0 aliphatic heterocycles. The van der Waals surface area contributed by atoms with Crippen LogP contribution >= 0.6 is 0 Å². The van der Waals surface area contributed by atoms with Crippen LogP contribution in [0.5, 0.6) is 0 Å². The van der Waals surface area contributed by atoms with E-state index < -0.39 is 28.7 Å². The summed E-state index contributed by atoms with van der Waals surface area (Å²) in [6.07, 6.45) is 26.3. The van der Waals surface area contributed by atoms with Crippen LogP contribution in [0.1, 0.15) is 204 Å². The zero-order valence-corrected chi connectivity index (χ0v) is 31.2. The topological polar surface area (TPSA) is 80.7 Å². The molecule has 0 saturated heterocycles. The van der Waals surface area contributed by atoms with Gasteiger partial charge in [0.1, 0.15) is 0 Å². The third kappa shape index (κ3) is 16.7. The SMILES string of the molecule is CCCCCCCCCCCCc1c(S(=O)(=O)[O][Ti](=[O])[OH])cc(C(C)C)c(C(C)C)c1CCCCCCCCCCCC. The molecule has 0 heterocycles. The zero-order chi connectivity index (χ0) is 32.1. The molecule has 0 bridgehead atoms. The Bertz CT molecular complexity index is 1000. The molecule has 0 aliphatic rings. The minimum Gasteiger partial charge on any atom is -0.0654 e. The van der Waals surface area contributed by atoms with E-state index in [0.717, 1.165) is 55.2 Å². The number of benzene rings is 1. The first-order valence-corrected chi connectivity index (χ1v) is 21.3. The van der Waals surface area contributed by atoms with Gasteiger partial charge in [-0.25, -0.2) is 0 Å². The fraction of sp³-hybridized carbons (Fsp3) is 0.833. The molecule has 1 N–H and O–H groups in total. The van der Waals surface area contributed by atoms with Crippen LogP contribution in [0.25, 0.3) is 0 Å². The molecule has 43 heavy (non-hydrogen) atoms. The zero-order valence-electron chi connectivity index (χ0n) is 28.8. The normalized spacial score (nSPS) is 12.1. The van der Waals surface area contributed by atoms with E-state index in [-0.39, 0.29) is 16.7 Å². The first-order valence-electron chi connectivity index (χ1n) is 17.9. The molecule has 1 aromatic carbocycles. The Balaban J connectivity index is 3.10. The summed E-state index contributed by atoms with van der Waals surface area (Å²) in [5.41, 5.74) is 4.29. The molecule has 0 aliphatic carbocycles. The summed E-state index contributed by atoms with van der Waals surface area (Å²) in [6, 6.07) is 1.77. The Hall–Kier alpha value is -0.396. The smallest absolute Gasteiger partial charge is 0.0654 e. The molecular formula is C36H66O5STi. The van der Waals surface area contributed by atoms with Crippen LogP contribution in [-0.2, 0) is 47.7 Å². The molecule has 0 radical (unpaired) electrons. The summed E-state index contributed by atoms with van der Waals surface area (Å²) in [7, 11) is -4.31. The number of hydrogen-bond donors (Lipinski definition) is 1. The van der Waals surface area contributed by atoms with Gasteiger partial charge in [-0.15, -0.1) is 0 Å². The van der Waals surface area contributed by atoms with Crippen molar-refractivity contribution < 1.29 is 36.8 Å². The van der Waals surface area contributed by atoms with Gasteiger partial charge >= 0.3 is 216 Å². The molecule has 7 heteroatoms. The van der Waals surface area contributed by atoms with Crippen molar-refractivity contribution in [2.45, 2.75) is 200 Å². The van der Waals surface area contributed by atoms with Crippen molar-refractivity contribution in [1.29, 1.82) is 0 Å². The van der Waals surface area contributed by atoms with Crippen molar-refractivity contribution in [3.05, 3.63) is 28.3 Å². The summed E-state index contributed by atoms with van der Waals surface area (Å²) in [4.78, 5) is 0.133. The fourth-order valence-electron chi connectivity index (χ4n) is 6.45. The van der Waals surface area contributed by atoms with Crippen LogP contribution in [-0.4, -0.2) is 12.1 Å². The van der Waals surface area contributed by atoms with Gasteiger partial charge in [0, 0.05) is 0 Å². The predicted octanol–water partition coefficient (Wildman–Crippen LogP) is 11.4. The molecule has 0 aromatic heterocycles. The van der Waals surface area contributed by atoms with Gasteiger partial charge in [-0.1, -0.05) is 58.8 Å². The first kappa shape index (κ1) is 40.6. The van der Waals surface area contributed by atoms with Crippen molar-refractivity contribution in [2.75, 3.05) is 0 Å². The fourth-order valence-corrected chi connectivity index (χ4v) is 8.83. The van der Waals surface area contributed by atoms with Crippen LogP contribution in [0.4, 0.5) is 0 Å². The molecule has 0 amide bonds. The average Bonchev–Trinajstić information content (AvgIpc) is 2.93. The van der Waals surface area contributed by atoms with Gasteiger partial charge in [0.15, 0.2) is 0 Å². The average molecular weight is 659 g/mol. The van der Waals surface area contributed by atoms with E-state index in [2.05, 4.69) is 41.5 Å². The van der Waals surface area contributed by atoms with E-state index >= 15 is 0 Å². The quantitative estimate of drug-likeness (QED) is 0.0751. The molecule has 5 nitrogen and oxygen atoms in total. The number of hydrogen-bond acceptors (Lipinski definition) is 4. The van der Waals surface area contributed by atoms with Crippen LogP contribution in [0.15, 0.2) is 11.0 Å². The summed E-state index contributed by atoms with van der Waals surface area (Å²) in [6.45, 7) is 13.1. The standard InChI is InChI=1S/C36H66O3S.H2O.O.Ti/c1-7-9-11-13-15-17-19-21-23-25-27-32-33(28-26-24-22-20-18-16-14-12-10-8-2)36(31(5)6)34(30(3)4)29-35(32)40(37,38)39;;;/h29-31H,7-28H2,1-6H3,(H,37,38,39);1H2;;/q;;;+2/p-2. The summed E-state index contributed by atoms with van der Waals surface area (Å²) >= 11 is -4.30. The molecule has 250 valence electrons. The van der Waals surface area contributed by atoms with Crippen LogP contribution in [0.2, 0.25) is 0 Å². The summed E-state index contributed by atoms with van der Waals surface area (Å²) in [5.74, 6) is 0.405. The number of unbranched alkanes of at least 4 members (excludes halogenated alkanes) is 18. The van der Waals surface area contributed by atoms with E-state index in [1.54, 1.807) is 6.07 Å². The van der Waals surface area contributed by atoms with Crippen LogP contribution < -0.4 is 0 Å². The van der Waals surface area contributed by atoms with Gasteiger partial charge in [0.25, 0.3) is 0 Å². The molecule has 0 atom stereocenters. The maximum atomic E-state index is 13.4. The van der Waals surface area contributed by atoms with E-state index in [1.807, 2.05) is 0 Å². The Labute approximate surface area is 273 Å². The van der Waals surface area contributed by atoms with Crippen molar-refractivity contribution in [3.63, 3.8) is 0 Å². The van der Waals surface area contributed by atoms with Gasteiger partial charge in [-0.2, -0.15) is 0 Å². The molecule has 0 spiro atoms. The summed E-state index contributed by atoms with van der Waals surface area (Å²) < 4.78 is 52.7. The molecule has 0 fully saturated rings. The van der Waals surface area contributed by atoms with Crippen LogP contribution in [0.3, 0.4) is 0 Å². The first-order chi connectivity index (χ1) is 20.6. The van der Waals surface area contributed by atoms with E-state index in [4.69, 9.17) is 2.76 Å². The Morgan fingerprint density at radius 3 is 1.35 bits per heavy atom. The van der Waals surface area contributed by atoms with Crippen LogP contribution in [0, 0.1) is 0 Å². The van der Waals surface area contributed by atoms with Gasteiger partial charge in [0.2, 0.25) is 0 Å². The third-order valence-corrected chi connectivity index (χ3v) is 11.8. The maximum absolute atomic E-state index is 13.4. The van der Waals surface area contributed by atoms with Gasteiger partial charge in [-0.3, -0.25) is 0 Å². The molecular weight excluding hydrogens is 592 g/mol. The third-order valence-electron chi connectivity index (χ3n) is 8.79. The molecule has 1 rings (SSSR count). The van der Waals surface area contributed by atoms with Crippen molar-refractivity contribution in [2.24, 2.45) is 0 Å². The Morgan fingerprint density at radius 2 is 1.00 bits per heavy atom. The number of rotatable bonds is 27. The van der Waals surface area contributed by atoms with Gasteiger partial charge < -0.3 is 0 Å². The van der Waals surface area contributed by atoms with Crippen molar-refractivity contribution in [3.8, 4) is 0 Å². The monoisotopic (exact) mass is 658 g/mol. The van der Waals surface area contributed by atoms with Crippen molar-refractivity contribution in [1.82, 2.24) is 0 Å². The predicted molar refractivity (Wildman–Crippen MR) is 177 cm³/mol. The van der Waals surface area contributed by atoms with Gasteiger partial charge in [-0.05, 0) is 0 Å². The molecule has 1 aromatic rings. The molecule has 0 saturated carbocycles. The Kier molecular flexibility index (Phi) is 22.6. The van der Waals surface area contributed by atoms with Crippen molar-refractivity contribution >= 4 is 10.1 Å². The second-order valence-electron chi connectivity index (χ2n) is 13.3. The second-order valence-corrected chi connectivity index (χ2v) is 16.4. The minimum atomic E-state index is -4.31. The minimum absolute atomic E-state index is 0.133. The molecule has 0 unspecified atom stereocenters.